The Morgan fingerprint density at radius 1 is 0.778 bits per heavy atom. The molecule has 27 heavy (non-hydrogen) atoms. The molecular weight excluding hydrogens is 431 g/mol. The number of hydrogen-bond donors (Lipinski definition) is 1. The number of halogens is 2. The molecule has 0 aliphatic rings. The highest BCUT2D eigenvalue weighted by atomic mass is 35.5. The molecule has 3 aromatic rings. The van der Waals surface area contributed by atoms with Crippen LogP contribution in [0.2, 0.25) is 10.0 Å². The number of nitrogens with one attached hydrogen (secondary N) is 1. The highest BCUT2D eigenvalue weighted by molar-refractivity contribution is 7.93. The van der Waals surface area contributed by atoms with Crippen molar-refractivity contribution in [2.75, 3.05) is 4.72 Å². The molecule has 10 heteroatoms. The van der Waals surface area contributed by atoms with Gasteiger partial charge in [-0.15, -0.1) is 0 Å². The van der Waals surface area contributed by atoms with E-state index >= 15 is 0 Å². The summed E-state index contributed by atoms with van der Waals surface area (Å²) in [5.41, 5.74) is 0.259. The number of rotatable bonds is 5. The van der Waals surface area contributed by atoms with E-state index in [9.17, 15) is 16.8 Å². The average molecular weight is 443 g/mol. The van der Waals surface area contributed by atoms with Crippen molar-refractivity contribution in [2.24, 2.45) is 0 Å². The van der Waals surface area contributed by atoms with Crippen LogP contribution in [0.1, 0.15) is 0 Å². The van der Waals surface area contributed by atoms with Gasteiger partial charge in [0.15, 0.2) is 0 Å². The topological polar surface area (TPSA) is 93.2 Å². The molecule has 140 valence electrons. The normalized spacial score (nSPS) is 11.9. The lowest BCUT2D eigenvalue weighted by molar-refractivity contribution is 0.595. The minimum atomic E-state index is -3.99. The Kier molecular flexibility index (Phi) is 5.43. The Morgan fingerprint density at radius 2 is 1.48 bits per heavy atom. The first kappa shape index (κ1) is 19.6. The van der Waals surface area contributed by atoms with Gasteiger partial charge < -0.3 is 0 Å². The van der Waals surface area contributed by atoms with Gasteiger partial charge in [0.25, 0.3) is 10.0 Å². The summed E-state index contributed by atoms with van der Waals surface area (Å²) >= 11 is 11.7. The summed E-state index contributed by atoms with van der Waals surface area (Å²) in [5.74, 6) is 0. The smallest absolute Gasteiger partial charge is 0.261 e. The fourth-order valence-electron chi connectivity index (χ4n) is 2.23. The van der Waals surface area contributed by atoms with Crippen LogP contribution in [0.4, 0.5) is 5.69 Å². The third-order valence-corrected chi connectivity index (χ3v) is 7.41. The minimum Gasteiger partial charge on any atom is -0.278 e. The molecule has 6 nitrogen and oxygen atoms in total. The molecule has 0 saturated carbocycles. The molecule has 1 N–H and O–H groups in total. The lowest BCUT2D eigenvalue weighted by Gasteiger charge is -2.10. The van der Waals surface area contributed by atoms with Gasteiger partial charge >= 0.3 is 0 Å². The highest BCUT2D eigenvalue weighted by Crippen LogP contribution is 2.29. The molecule has 0 bridgehead atoms. The van der Waals surface area contributed by atoms with Crippen molar-refractivity contribution < 1.29 is 16.8 Å². The molecule has 0 saturated heterocycles. The van der Waals surface area contributed by atoms with Crippen molar-refractivity contribution in [3.05, 3.63) is 77.0 Å². The number of nitrogens with zero attached hydrogens (tertiary/aromatic N) is 1. The third-order valence-electron chi connectivity index (χ3n) is 3.54. The first-order valence-corrected chi connectivity index (χ1v) is 11.2. The molecule has 0 unspecified atom stereocenters. The number of anilines is 1. The molecule has 2 aromatic carbocycles. The van der Waals surface area contributed by atoms with Crippen LogP contribution in [-0.4, -0.2) is 21.8 Å². The second kappa shape index (κ2) is 7.47. The van der Waals surface area contributed by atoms with Crippen LogP contribution in [0, 0.1) is 0 Å². The number of hydrogen-bond acceptors (Lipinski definition) is 5. The number of aromatic nitrogens is 1. The third kappa shape index (κ3) is 4.24. The predicted octanol–water partition coefficient (Wildman–Crippen LogP) is 4.02. The number of sulfone groups is 1. The second-order valence-corrected chi connectivity index (χ2v) is 9.85. The lowest BCUT2D eigenvalue weighted by atomic mass is 10.4. The fraction of sp³-hybridized carbons (Fsp3) is 0. The van der Waals surface area contributed by atoms with Gasteiger partial charge in [-0.3, -0.25) is 9.71 Å². The molecule has 0 aliphatic carbocycles. The lowest BCUT2D eigenvalue weighted by Crippen LogP contribution is -2.14. The Bertz CT molecular complexity index is 1200. The monoisotopic (exact) mass is 442 g/mol. The molecule has 1 aromatic heterocycles. The Labute approximate surface area is 166 Å². The quantitative estimate of drug-likeness (QED) is 0.643. The molecule has 0 radical (unpaired) electrons. The zero-order valence-electron chi connectivity index (χ0n) is 13.5. The summed E-state index contributed by atoms with van der Waals surface area (Å²) in [7, 11) is -7.98. The largest absolute Gasteiger partial charge is 0.278 e. The van der Waals surface area contributed by atoms with Gasteiger partial charge in [0, 0.05) is 6.20 Å². The Hall–Kier alpha value is -2.13. The van der Waals surface area contributed by atoms with E-state index in [1.807, 2.05) is 0 Å². The summed E-state index contributed by atoms with van der Waals surface area (Å²) in [4.78, 5) is 3.35. The summed E-state index contributed by atoms with van der Waals surface area (Å²) < 4.78 is 53.0. The molecule has 0 atom stereocenters. The fourth-order valence-corrected chi connectivity index (χ4v) is 5.08. The molecule has 3 rings (SSSR count). The standard InChI is InChI=1S/C17H12Cl2N2O4S2/c18-16-7-6-14(10-17(16)19)26(22,23)13-4-1-5-15(9-13)27(24,25)21-12-3-2-8-20-11-12/h1-11,21H. The number of sulfonamides is 1. The second-order valence-electron chi connectivity index (χ2n) is 5.40. The molecule has 1 heterocycles. The van der Waals surface area contributed by atoms with E-state index < -0.39 is 19.9 Å². The van der Waals surface area contributed by atoms with Gasteiger partial charge in [0.05, 0.1) is 36.6 Å². The van der Waals surface area contributed by atoms with Crippen LogP contribution in [0.5, 0.6) is 0 Å². The van der Waals surface area contributed by atoms with E-state index in [0.29, 0.717) is 0 Å². The summed E-state index contributed by atoms with van der Waals surface area (Å²) in [6, 6.07) is 12.0. The summed E-state index contributed by atoms with van der Waals surface area (Å²) in [6.45, 7) is 0. The molecule has 0 amide bonds. The minimum absolute atomic E-state index is 0.0831. The Balaban J connectivity index is 2.01. The zero-order chi connectivity index (χ0) is 19.7. The number of pyridine rings is 1. The summed E-state index contributed by atoms with van der Waals surface area (Å²) in [5, 5.41) is 0.298. The van der Waals surface area contributed by atoms with Gasteiger partial charge in [-0.1, -0.05) is 29.3 Å². The van der Waals surface area contributed by atoms with Crippen LogP contribution in [0.3, 0.4) is 0 Å². The van der Waals surface area contributed by atoms with Crippen molar-refractivity contribution in [1.82, 2.24) is 4.98 Å². The van der Waals surface area contributed by atoms with Crippen LogP contribution < -0.4 is 4.72 Å². The van der Waals surface area contributed by atoms with Crippen LogP contribution >= 0.6 is 23.2 Å². The van der Waals surface area contributed by atoms with E-state index in [-0.39, 0.29) is 30.4 Å². The maximum Gasteiger partial charge on any atom is 0.261 e. The van der Waals surface area contributed by atoms with Crippen molar-refractivity contribution in [3.8, 4) is 0 Å². The number of benzene rings is 2. The zero-order valence-corrected chi connectivity index (χ0v) is 16.6. The van der Waals surface area contributed by atoms with Gasteiger partial charge in [-0.25, -0.2) is 16.8 Å². The van der Waals surface area contributed by atoms with Crippen LogP contribution in [0.15, 0.2) is 81.7 Å². The summed E-state index contributed by atoms with van der Waals surface area (Å²) in [6.07, 6.45) is 2.84. The van der Waals surface area contributed by atoms with E-state index in [1.54, 1.807) is 6.07 Å². The van der Waals surface area contributed by atoms with Crippen LogP contribution in [0.25, 0.3) is 0 Å². The van der Waals surface area contributed by atoms with Gasteiger partial charge in [-0.05, 0) is 48.5 Å². The molecule has 0 aliphatic heterocycles. The van der Waals surface area contributed by atoms with Crippen molar-refractivity contribution >= 4 is 48.7 Å². The molecule has 0 spiro atoms. The van der Waals surface area contributed by atoms with E-state index in [4.69, 9.17) is 23.2 Å². The maximum atomic E-state index is 12.8. The van der Waals surface area contributed by atoms with Crippen molar-refractivity contribution in [2.45, 2.75) is 14.7 Å². The van der Waals surface area contributed by atoms with E-state index in [1.165, 1.54) is 54.9 Å². The average Bonchev–Trinajstić information content (AvgIpc) is 2.64. The predicted molar refractivity (Wildman–Crippen MR) is 103 cm³/mol. The van der Waals surface area contributed by atoms with Gasteiger partial charge in [-0.2, -0.15) is 0 Å². The van der Waals surface area contributed by atoms with Gasteiger partial charge in [0.2, 0.25) is 9.84 Å². The first-order valence-electron chi connectivity index (χ1n) is 7.43. The first-order chi connectivity index (χ1) is 12.7. The molecule has 0 fully saturated rings. The SMILES string of the molecule is O=S(=O)(Nc1cccnc1)c1cccc(S(=O)(=O)c2ccc(Cl)c(Cl)c2)c1. The van der Waals surface area contributed by atoms with Crippen molar-refractivity contribution in [1.29, 1.82) is 0 Å². The van der Waals surface area contributed by atoms with Crippen molar-refractivity contribution in [3.63, 3.8) is 0 Å². The van der Waals surface area contributed by atoms with E-state index in [0.717, 1.165) is 6.07 Å². The molecular formula is C17H12Cl2N2O4S2. The maximum absolute atomic E-state index is 12.8. The highest BCUT2D eigenvalue weighted by Gasteiger charge is 2.22. The van der Waals surface area contributed by atoms with Gasteiger partial charge in [0.1, 0.15) is 0 Å². The van der Waals surface area contributed by atoms with E-state index in [2.05, 4.69) is 9.71 Å². The van der Waals surface area contributed by atoms with Crippen LogP contribution in [-0.2, 0) is 19.9 Å². The Morgan fingerprint density at radius 3 is 2.15 bits per heavy atom.